The van der Waals surface area contributed by atoms with Crippen LogP contribution in [0.5, 0.6) is 0 Å². The summed E-state index contributed by atoms with van der Waals surface area (Å²) in [6.45, 7) is 4.99. The van der Waals surface area contributed by atoms with E-state index in [1.54, 1.807) is 5.56 Å². The van der Waals surface area contributed by atoms with Crippen LogP contribution < -0.4 is 0 Å². The first-order chi connectivity index (χ1) is 13.2. The van der Waals surface area contributed by atoms with Crippen molar-refractivity contribution >= 4 is 32.3 Å². The zero-order valence-electron chi connectivity index (χ0n) is 16.2. The highest BCUT2D eigenvalue weighted by Crippen LogP contribution is 2.60. The van der Waals surface area contributed by atoms with Crippen LogP contribution in [0.3, 0.4) is 0 Å². The number of benzene rings is 4. The van der Waals surface area contributed by atoms with Gasteiger partial charge in [-0.3, -0.25) is 0 Å². The normalized spacial score (nSPS) is 29.9. The largest absolute Gasteiger partial charge is 0.0620 e. The molecule has 2 aliphatic carbocycles. The fourth-order valence-corrected chi connectivity index (χ4v) is 6.53. The van der Waals surface area contributed by atoms with Crippen LogP contribution in [0.4, 0.5) is 0 Å². The summed E-state index contributed by atoms with van der Waals surface area (Å²) in [7, 11) is 0. The van der Waals surface area contributed by atoms with Crippen molar-refractivity contribution in [1.82, 2.24) is 0 Å². The molecule has 27 heavy (non-hydrogen) atoms. The molecule has 0 N–H and O–H groups in total. The molecule has 4 aromatic carbocycles. The topological polar surface area (TPSA) is 0 Å². The van der Waals surface area contributed by atoms with Gasteiger partial charge in [-0.15, -0.1) is 0 Å². The fraction of sp³-hybridized carbons (Fsp3) is 0.333. The Bertz CT molecular complexity index is 1180. The molecular formula is C27H26. The first kappa shape index (κ1) is 15.7. The average molecular weight is 351 g/mol. The molecule has 0 radical (unpaired) electrons. The zero-order chi connectivity index (χ0) is 18.1. The average Bonchev–Trinajstić information content (AvgIpc) is 3.26. The maximum Gasteiger partial charge on any atom is -0.00961 e. The Kier molecular flexibility index (Phi) is 3.24. The third-order valence-corrected chi connectivity index (χ3v) is 8.08. The van der Waals surface area contributed by atoms with Gasteiger partial charge in [-0.2, -0.15) is 0 Å². The van der Waals surface area contributed by atoms with Crippen molar-refractivity contribution in [1.29, 1.82) is 0 Å². The molecule has 0 saturated heterocycles. The zero-order valence-corrected chi connectivity index (χ0v) is 16.2. The molecule has 0 heteroatoms. The van der Waals surface area contributed by atoms with Crippen LogP contribution in [0.2, 0.25) is 0 Å². The molecular weight excluding hydrogens is 324 g/mol. The van der Waals surface area contributed by atoms with Crippen molar-refractivity contribution in [3.05, 3.63) is 72.3 Å². The van der Waals surface area contributed by atoms with Crippen molar-refractivity contribution in [2.75, 3.05) is 0 Å². The van der Waals surface area contributed by atoms with Crippen molar-refractivity contribution in [2.45, 2.75) is 32.6 Å². The van der Waals surface area contributed by atoms with E-state index < -0.39 is 0 Å². The molecule has 4 aromatic rings. The van der Waals surface area contributed by atoms with Gasteiger partial charge in [0.15, 0.2) is 0 Å². The first-order valence-electron chi connectivity index (χ1n) is 10.6. The minimum absolute atomic E-state index is 0.718. The first-order valence-corrected chi connectivity index (χ1v) is 10.6. The van der Waals surface area contributed by atoms with E-state index in [1.165, 1.54) is 45.2 Å². The highest BCUT2D eigenvalue weighted by Gasteiger charge is 2.49. The van der Waals surface area contributed by atoms with Gasteiger partial charge in [-0.05, 0) is 86.4 Å². The van der Waals surface area contributed by atoms with Crippen LogP contribution in [0.15, 0.2) is 66.7 Å². The van der Waals surface area contributed by atoms with E-state index in [1.807, 2.05) is 0 Å². The molecule has 0 spiro atoms. The minimum atomic E-state index is 0.718. The molecule has 134 valence electrons. The lowest BCUT2D eigenvalue weighted by molar-refractivity contribution is 0.234. The molecule has 2 bridgehead atoms. The van der Waals surface area contributed by atoms with Crippen LogP contribution in [0.25, 0.3) is 32.3 Å². The molecule has 0 aliphatic heterocycles. The molecule has 2 saturated carbocycles. The molecule has 0 aromatic heterocycles. The number of rotatable bonds is 1. The second kappa shape index (κ2) is 5.58. The van der Waals surface area contributed by atoms with Crippen molar-refractivity contribution in [3.63, 3.8) is 0 Å². The fourth-order valence-electron chi connectivity index (χ4n) is 6.53. The molecule has 0 amide bonds. The van der Waals surface area contributed by atoms with E-state index in [0.717, 1.165) is 29.6 Å². The van der Waals surface area contributed by atoms with Gasteiger partial charge in [0.25, 0.3) is 0 Å². The highest BCUT2D eigenvalue weighted by atomic mass is 14.5. The smallest absolute Gasteiger partial charge is 0.00961 e. The van der Waals surface area contributed by atoms with Gasteiger partial charge in [-0.25, -0.2) is 0 Å². The predicted octanol–water partition coefficient (Wildman–Crippen LogP) is 7.54. The highest BCUT2D eigenvalue weighted by molar-refractivity contribution is 6.14. The minimum Gasteiger partial charge on any atom is -0.0620 e. The standard InChI is InChI=1S/C27H26/c1-16-17(2)24-14-20(16)15-26(24)27-22-10-6-4-8-19(22)13-25-21-9-5-3-7-18(21)11-12-23(25)27/h3-13,16-17,20,24,26H,14-15H2,1-2H3/t16?,17?,20-,24+,26-/m1/s1. The molecule has 0 heterocycles. The van der Waals surface area contributed by atoms with E-state index in [9.17, 15) is 0 Å². The predicted molar refractivity (Wildman–Crippen MR) is 116 cm³/mol. The van der Waals surface area contributed by atoms with Gasteiger partial charge in [0.1, 0.15) is 0 Å². The van der Waals surface area contributed by atoms with Crippen molar-refractivity contribution < 1.29 is 0 Å². The van der Waals surface area contributed by atoms with Gasteiger partial charge < -0.3 is 0 Å². The summed E-state index contributed by atoms with van der Waals surface area (Å²) in [5, 5.41) is 8.56. The summed E-state index contributed by atoms with van der Waals surface area (Å²) in [5.41, 5.74) is 1.64. The van der Waals surface area contributed by atoms with E-state index in [2.05, 4.69) is 80.6 Å². The van der Waals surface area contributed by atoms with Crippen LogP contribution in [-0.4, -0.2) is 0 Å². The van der Waals surface area contributed by atoms with E-state index in [0.29, 0.717) is 0 Å². The third kappa shape index (κ3) is 2.10. The molecule has 5 atom stereocenters. The summed E-state index contributed by atoms with van der Waals surface area (Å²) in [6.07, 6.45) is 2.82. The Hall–Kier alpha value is -2.34. The maximum absolute atomic E-state index is 2.50. The summed E-state index contributed by atoms with van der Waals surface area (Å²) in [5.74, 6) is 4.24. The molecule has 2 unspecified atom stereocenters. The van der Waals surface area contributed by atoms with Crippen LogP contribution in [-0.2, 0) is 0 Å². The van der Waals surface area contributed by atoms with Crippen molar-refractivity contribution in [2.24, 2.45) is 23.7 Å². The summed E-state index contributed by atoms with van der Waals surface area (Å²) in [4.78, 5) is 0. The molecule has 2 aliphatic rings. The number of fused-ring (bicyclic) bond motifs is 6. The third-order valence-electron chi connectivity index (χ3n) is 8.08. The van der Waals surface area contributed by atoms with E-state index in [-0.39, 0.29) is 0 Å². The van der Waals surface area contributed by atoms with Crippen LogP contribution in [0, 0.1) is 23.7 Å². The van der Waals surface area contributed by atoms with Gasteiger partial charge in [-0.1, -0.05) is 74.5 Å². The lowest BCUT2D eigenvalue weighted by Gasteiger charge is -2.33. The van der Waals surface area contributed by atoms with Gasteiger partial charge >= 0.3 is 0 Å². The second-order valence-corrected chi connectivity index (χ2v) is 9.11. The maximum atomic E-state index is 2.50. The van der Waals surface area contributed by atoms with Gasteiger partial charge in [0, 0.05) is 0 Å². The summed E-state index contributed by atoms with van der Waals surface area (Å²) in [6, 6.07) is 25.1. The Morgan fingerprint density at radius 2 is 1.37 bits per heavy atom. The molecule has 2 fully saturated rings. The molecule has 0 nitrogen and oxygen atoms in total. The Labute approximate surface area is 161 Å². The van der Waals surface area contributed by atoms with Crippen molar-refractivity contribution in [3.8, 4) is 0 Å². The lowest BCUT2D eigenvalue weighted by Crippen LogP contribution is -2.23. The quantitative estimate of drug-likeness (QED) is 0.246. The van der Waals surface area contributed by atoms with Crippen LogP contribution >= 0.6 is 0 Å². The number of hydrogen-bond acceptors (Lipinski definition) is 0. The van der Waals surface area contributed by atoms with Gasteiger partial charge in [0.05, 0.1) is 0 Å². The Morgan fingerprint density at radius 1 is 0.630 bits per heavy atom. The molecule has 6 rings (SSSR count). The summed E-state index contributed by atoms with van der Waals surface area (Å²) < 4.78 is 0. The Balaban J connectivity index is 1.70. The van der Waals surface area contributed by atoms with Crippen LogP contribution in [0.1, 0.15) is 38.2 Å². The monoisotopic (exact) mass is 350 g/mol. The summed E-state index contributed by atoms with van der Waals surface area (Å²) >= 11 is 0. The van der Waals surface area contributed by atoms with Gasteiger partial charge in [0.2, 0.25) is 0 Å². The second-order valence-electron chi connectivity index (χ2n) is 9.11. The lowest BCUT2D eigenvalue weighted by atomic mass is 9.71. The van der Waals surface area contributed by atoms with E-state index >= 15 is 0 Å². The number of hydrogen-bond donors (Lipinski definition) is 0. The Morgan fingerprint density at radius 3 is 2.15 bits per heavy atom. The SMILES string of the molecule is CC1C(C)[C@@H]2C[C@@H]1C[C@H]2c1c2ccccc2cc2c1ccc1ccccc12. The van der Waals surface area contributed by atoms with E-state index in [4.69, 9.17) is 0 Å².